The van der Waals surface area contributed by atoms with Gasteiger partial charge in [-0.2, -0.15) is 0 Å². The summed E-state index contributed by atoms with van der Waals surface area (Å²) in [5.41, 5.74) is 8.14. The molecule has 106 valence electrons. The number of benzene rings is 2. The van der Waals surface area contributed by atoms with Gasteiger partial charge >= 0.3 is 0 Å². The quantitative estimate of drug-likeness (QED) is 0.918. The van der Waals surface area contributed by atoms with Crippen molar-refractivity contribution in [1.82, 2.24) is 0 Å². The molecule has 0 aromatic heterocycles. The van der Waals surface area contributed by atoms with Crippen LogP contribution in [0.3, 0.4) is 0 Å². The van der Waals surface area contributed by atoms with Crippen LogP contribution >= 0.6 is 11.6 Å². The Hall–Kier alpha value is -1.58. The van der Waals surface area contributed by atoms with E-state index in [-0.39, 0.29) is 11.9 Å². The predicted molar refractivity (Wildman–Crippen MR) is 82.6 cm³/mol. The standard InChI is InChI=1S/C16H18ClFN2/c1-11(19)13-6-7-16(15(18)9-13)20(2)10-12-4-3-5-14(17)8-12/h3-9,11H,10,19H2,1-2H3. The molecule has 4 heteroatoms. The second-order valence-electron chi connectivity index (χ2n) is 4.99. The largest absolute Gasteiger partial charge is 0.368 e. The smallest absolute Gasteiger partial charge is 0.146 e. The average Bonchev–Trinajstić information content (AvgIpc) is 2.38. The zero-order chi connectivity index (χ0) is 14.7. The van der Waals surface area contributed by atoms with Crippen LogP contribution in [0.1, 0.15) is 24.1 Å². The van der Waals surface area contributed by atoms with Crippen molar-refractivity contribution in [2.45, 2.75) is 19.5 Å². The number of hydrogen-bond donors (Lipinski definition) is 1. The van der Waals surface area contributed by atoms with Gasteiger partial charge in [0.05, 0.1) is 5.69 Å². The Labute approximate surface area is 124 Å². The van der Waals surface area contributed by atoms with Gasteiger partial charge in [-0.1, -0.05) is 29.8 Å². The zero-order valence-electron chi connectivity index (χ0n) is 11.6. The summed E-state index contributed by atoms with van der Waals surface area (Å²) in [4.78, 5) is 1.85. The van der Waals surface area contributed by atoms with Crippen LogP contribution in [0.5, 0.6) is 0 Å². The van der Waals surface area contributed by atoms with Crippen molar-refractivity contribution in [3.8, 4) is 0 Å². The lowest BCUT2D eigenvalue weighted by molar-refractivity contribution is 0.617. The SMILES string of the molecule is CC(N)c1ccc(N(C)Cc2cccc(Cl)c2)c(F)c1. The first-order chi connectivity index (χ1) is 9.47. The summed E-state index contributed by atoms with van der Waals surface area (Å²) in [5, 5.41) is 0.684. The molecule has 0 amide bonds. The van der Waals surface area contributed by atoms with Crippen LogP contribution < -0.4 is 10.6 Å². The predicted octanol–water partition coefficient (Wildman–Crippen LogP) is 4.14. The molecule has 2 N–H and O–H groups in total. The molecule has 0 radical (unpaired) electrons. The number of hydrogen-bond acceptors (Lipinski definition) is 2. The Balaban J connectivity index is 2.19. The van der Waals surface area contributed by atoms with Crippen LogP contribution in [0.4, 0.5) is 10.1 Å². The maximum Gasteiger partial charge on any atom is 0.146 e. The molecular weight excluding hydrogens is 275 g/mol. The van der Waals surface area contributed by atoms with Crippen LogP contribution in [0.2, 0.25) is 5.02 Å². The van der Waals surface area contributed by atoms with Gasteiger partial charge in [0.1, 0.15) is 5.82 Å². The van der Waals surface area contributed by atoms with Crippen LogP contribution in [0.15, 0.2) is 42.5 Å². The maximum absolute atomic E-state index is 14.1. The first-order valence-electron chi connectivity index (χ1n) is 6.48. The number of rotatable bonds is 4. The molecule has 2 aromatic rings. The van der Waals surface area contributed by atoms with E-state index in [1.54, 1.807) is 6.07 Å². The Kier molecular flexibility index (Phi) is 4.63. The first-order valence-corrected chi connectivity index (χ1v) is 6.86. The lowest BCUT2D eigenvalue weighted by Crippen LogP contribution is -2.18. The van der Waals surface area contributed by atoms with Gasteiger partial charge in [0.15, 0.2) is 0 Å². The Morgan fingerprint density at radius 1 is 1.25 bits per heavy atom. The summed E-state index contributed by atoms with van der Waals surface area (Å²) in [6, 6.07) is 12.5. The zero-order valence-corrected chi connectivity index (χ0v) is 12.4. The van der Waals surface area contributed by atoms with E-state index in [0.717, 1.165) is 11.1 Å². The average molecular weight is 293 g/mol. The second kappa shape index (κ2) is 6.25. The molecule has 0 aliphatic carbocycles. The molecule has 0 bridgehead atoms. The van der Waals surface area contributed by atoms with E-state index in [4.69, 9.17) is 17.3 Å². The highest BCUT2D eigenvalue weighted by atomic mass is 35.5. The summed E-state index contributed by atoms with van der Waals surface area (Å²) in [6.07, 6.45) is 0. The monoisotopic (exact) mass is 292 g/mol. The van der Waals surface area contributed by atoms with Crippen molar-refractivity contribution >= 4 is 17.3 Å². The van der Waals surface area contributed by atoms with Crippen molar-refractivity contribution in [2.75, 3.05) is 11.9 Å². The van der Waals surface area contributed by atoms with Gasteiger partial charge in [-0.25, -0.2) is 4.39 Å². The molecule has 1 unspecified atom stereocenters. The fourth-order valence-electron chi connectivity index (χ4n) is 2.11. The third-order valence-electron chi connectivity index (χ3n) is 3.22. The minimum absolute atomic E-state index is 0.170. The van der Waals surface area contributed by atoms with Crippen LogP contribution in [-0.4, -0.2) is 7.05 Å². The van der Waals surface area contributed by atoms with Crippen molar-refractivity contribution in [3.05, 3.63) is 64.4 Å². The fourth-order valence-corrected chi connectivity index (χ4v) is 2.32. The van der Waals surface area contributed by atoms with E-state index in [9.17, 15) is 4.39 Å². The van der Waals surface area contributed by atoms with Crippen LogP contribution in [-0.2, 0) is 6.54 Å². The van der Waals surface area contributed by atoms with Gasteiger partial charge in [0.2, 0.25) is 0 Å². The number of anilines is 1. The molecule has 2 rings (SSSR count). The topological polar surface area (TPSA) is 29.3 Å². The summed E-state index contributed by atoms with van der Waals surface area (Å²) in [7, 11) is 1.85. The van der Waals surface area contributed by atoms with Gasteiger partial charge < -0.3 is 10.6 Å². The van der Waals surface area contributed by atoms with E-state index in [0.29, 0.717) is 17.3 Å². The molecule has 2 aromatic carbocycles. The van der Waals surface area contributed by atoms with Gasteiger partial charge in [-0.3, -0.25) is 0 Å². The number of halogens is 2. The van der Waals surface area contributed by atoms with E-state index in [2.05, 4.69) is 0 Å². The number of nitrogens with two attached hydrogens (primary N) is 1. The lowest BCUT2D eigenvalue weighted by atomic mass is 10.1. The van der Waals surface area contributed by atoms with Crippen molar-refractivity contribution in [1.29, 1.82) is 0 Å². The molecule has 0 aliphatic rings. The van der Waals surface area contributed by atoms with E-state index in [1.807, 2.05) is 49.2 Å². The van der Waals surface area contributed by atoms with Crippen molar-refractivity contribution < 1.29 is 4.39 Å². The maximum atomic E-state index is 14.1. The molecule has 0 spiro atoms. The molecule has 0 saturated carbocycles. The highest BCUT2D eigenvalue weighted by molar-refractivity contribution is 6.30. The molecule has 0 aliphatic heterocycles. The van der Waals surface area contributed by atoms with Crippen molar-refractivity contribution in [3.63, 3.8) is 0 Å². The van der Waals surface area contributed by atoms with Crippen LogP contribution in [0.25, 0.3) is 0 Å². The Morgan fingerprint density at radius 2 is 2.00 bits per heavy atom. The minimum Gasteiger partial charge on any atom is -0.368 e. The normalized spacial score (nSPS) is 12.2. The highest BCUT2D eigenvalue weighted by Gasteiger charge is 2.10. The first kappa shape index (κ1) is 14.8. The van der Waals surface area contributed by atoms with Crippen LogP contribution in [0, 0.1) is 5.82 Å². The molecule has 2 nitrogen and oxygen atoms in total. The third kappa shape index (κ3) is 3.50. The van der Waals surface area contributed by atoms with E-state index >= 15 is 0 Å². The van der Waals surface area contributed by atoms with Gasteiger partial charge in [-0.05, 0) is 42.3 Å². The van der Waals surface area contributed by atoms with E-state index < -0.39 is 0 Å². The summed E-state index contributed by atoms with van der Waals surface area (Å²) in [5.74, 6) is -0.260. The molecule has 0 heterocycles. The highest BCUT2D eigenvalue weighted by Crippen LogP contribution is 2.23. The summed E-state index contributed by atoms with van der Waals surface area (Å²) < 4.78 is 14.1. The van der Waals surface area contributed by atoms with Gasteiger partial charge in [0, 0.05) is 24.7 Å². The Morgan fingerprint density at radius 3 is 2.60 bits per heavy atom. The minimum atomic E-state index is -0.260. The molecular formula is C16H18ClFN2. The van der Waals surface area contributed by atoms with Crippen molar-refractivity contribution in [2.24, 2.45) is 5.73 Å². The third-order valence-corrected chi connectivity index (χ3v) is 3.45. The molecule has 1 atom stereocenters. The van der Waals surface area contributed by atoms with Gasteiger partial charge in [-0.15, -0.1) is 0 Å². The lowest BCUT2D eigenvalue weighted by Gasteiger charge is -2.21. The molecule has 20 heavy (non-hydrogen) atoms. The van der Waals surface area contributed by atoms with E-state index in [1.165, 1.54) is 6.07 Å². The molecule has 0 fully saturated rings. The fraction of sp³-hybridized carbons (Fsp3) is 0.250. The van der Waals surface area contributed by atoms with Gasteiger partial charge in [0.25, 0.3) is 0 Å². The second-order valence-corrected chi connectivity index (χ2v) is 5.42. The summed E-state index contributed by atoms with van der Waals surface area (Å²) in [6.45, 7) is 2.43. The number of nitrogens with zero attached hydrogens (tertiary/aromatic N) is 1. The molecule has 0 saturated heterocycles. The Bertz CT molecular complexity index is 599. The summed E-state index contributed by atoms with van der Waals surface area (Å²) >= 11 is 5.95.